The quantitative estimate of drug-likeness (QED) is 0.711. The summed E-state index contributed by atoms with van der Waals surface area (Å²) in [6, 6.07) is 0. The zero-order chi connectivity index (χ0) is 9.64. The molecule has 0 unspecified atom stereocenters. The van der Waals surface area contributed by atoms with E-state index in [1.807, 2.05) is 0 Å². The first kappa shape index (κ1) is 9.56. The average molecular weight is 193 g/mol. The minimum absolute atomic E-state index is 1.01. The molecule has 0 bridgehead atoms. The first-order valence-electron chi connectivity index (χ1n) is 5.65. The summed E-state index contributed by atoms with van der Waals surface area (Å²) < 4.78 is 0. The van der Waals surface area contributed by atoms with Crippen molar-refractivity contribution in [3.05, 3.63) is 11.8 Å². The van der Waals surface area contributed by atoms with Crippen LogP contribution in [0.1, 0.15) is 32.1 Å². The molecule has 0 aromatic rings. The van der Waals surface area contributed by atoms with E-state index in [1.54, 1.807) is 0 Å². The van der Waals surface area contributed by atoms with Crippen molar-refractivity contribution in [2.45, 2.75) is 32.1 Å². The summed E-state index contributed by atoms with van der Waals surface area (Å²) in [4.78, 5) is 4.46. The third-order valence-corrected chi connectivity index (χ3v) is 2.72. The summed E-state index contributed by atoms with van der Waals surface area (Å²) in [5, 5.41) is 6.79. The van der Waals surface area contributed by atoms with E-state index >= 15 is 0 Å². The van der Waals surface area contributed by atoms with Crippen molar-refractivity contribution in [3.8, 4) is 0 Å². The molecular weight excluding hydrogens is 174 g/mol. The number of nitrogens with one attached hydrogen (secondary N) is 2. The zero-order valence-electron chi connectivity index (χ0n) is 8.68. The lowest BCUT2D eigenvalue weighted by Crippen LogP contribution is -2.30. The number of aliphatic imine (C=N–C) groups is 1. The number of rotatable bonds is 3. The number of hydrogen-bond donors (Lipinski definition) is 2. The molecule has 0 aromatic heterocycles. The van der Waals surface area contributed by atoms with Gasteiger partial charge in [-0.25, -0.2) is 0 Å². The highest BCUT2D eigenvalue weighted by molar-refractivity contribution is 5.82. The predicted octanol–water partition coefficient (Wildman–Crippen LogP) is 1.43. The lowest BCUT2D eigenvalue weighted by molar-refractivity contribution is 0.654. The summed E-state index contributed by atoms with van der Waals surface area (Å²) in [5.74, 6) is 1.20. The topological polar surface area (TPSA) is 36.4 Å². The van der Waals surface area contributed by atoms with Crippen molar-refractivity contribution >= 4 is 5.84 Å². The van der Waals surface area contributed by atoms with Gasteiger partial charge < -0.3 is 10.6 Å². The maximum absolute atomic E-state index is 4.46. The minimum atomic E-state index is 1.01. The van der Waals surface area contributed by atoms with E-state index in [0.29, 0.717) is 0 Å². The molecule has 2 aliphatic rings. The predicted molar refractivity (Wildman–Crippen MR) is 59.5 cm³/mol. The fraction of sp³-hybridized carbons (Fsp3) is 0.727. The zero-order valence-corrected chi connectivity index (χ0v) is 8.68. The van der Waals surface area contributed by atoms with E-state index in [2.05, 4.69) is 21.7 Å². The second kappa shape index (κ2) is 5.03. The second-order valence-corrected chi connectivity index (χ2v) is 3.91. The molecule has 2 aliphatic heterocycles. The number of allylic oxidation sites excluding steroid dienone is 2. The smallest absolute Gasteiger partial charge is 0.0966 e. The van der Waals surface area contributed by atoms with Gasteiger partial charge in [0, 0.05) is 31.8 Å². The molecule has 0 saturated heterocycles. The van der Waals surface area contributed by atoms with Gasteiger partial charge in [-0.1, -0.05) is 6.08 Å². The van der Waals surface area contributed by atoms with Gasteiger partial charge in [-0.05, 0) is 25.7 Å². The van der Waals surface area contributed by atoms with E-state index in [-0.39, 0.29) is 0 Å². The highest BCUT2D eigenvalue weighted by Gasteiger charge is 2.06. The van der Waals surface area contributed by atoms with Crippen LogP contribution in [-0.4, -0.2) is 25.5 Å². The van der Waals surface area contributed by atoms with Gasteiger partial charge in [-0.3, -0.25) is 4.99 Å². The van der Waals surface area contributed by atoms with Crippen molar-refractivity contribution in [3.63, 3.8) is 0 Å². The van der Waals surface area contributed by atoms with Crippen LogP contribution in [-0.2, 0) is 0 Å². The fourth-order valence-corrected chi connectivity index (χ4v) is 1.89. The second-order valence-electron chi connectivity index (χ2n) is 3.91. The van der Waals surface area contributed by atoms with E-state index in [4.69, 9.17) is 0 Å². The molecule has 0 spiro atoms. The molecule has 14 heavy (non-hydrogen) atoms. The molecule has 2 rings (SSSR count). The first-order chi connectivity index (χ1) is 6.95. The Bertz CT molecular complexity index is 217. The van der Waals surface area contributed by atoms with Crippen molar-refractivity contribution < 1.29 is 0 Å². The van der Waals surface area contributed by atoms with Gasteiger partial charge in [0.25, 0.3) is 0 Å². The van der Waals surface area contributed by atoms with Crippen LogP contribution in [0.4, 0.5) is 0 Å². The van der Waals surface area contributed by atoms with Gasteiger partial charge in [0.05, 0.1) is 5.84 Å². The molecule has 3 nitrogen and oxygen atoms in total. The molecule has 0 aliphatic carbocycles. The van der Waals surface area contributed by atoms with Crippen LogP contribution in [0.3, 0.4) is 0 Å². The third kappa shape index (κ3) is 2.76. The van der Waals surface area contributed by atoms with Gasteiger partial charge in [0.2, 0.25) is 0 Å². The molecule has 0 amide bonds. The molecule has 0 radical (unpaired) electrons. The van der Waals surface area contributed by atoms with Crippen LogP contribution in [0.2, 0.25) is 0 Å². The van der Waals surface area contributed by atoms with E-state index in [0.717, 1.165) is 32.5 Å². The highest BCUT2D eigenvalue weighted by atomic mass is 15.0. The maximum Gasteiger partial charge on any atom is 0.0966 e. The van der Waals surface area contributed by atoms with Crippen LogP contribution in [0.5, 0.6) is 0 Å². The van der Waals surface area contributed by atoms with Crippen LogP contribution in [0.15, 0.2) is 16.8 Å². The SMILES string of the molecule is C1=C(CCC2=NCCCN2)NCCC1. The normalized spacial score (nSPS) is 21.7. The summed E-state index contributed by atoms with van der Waals surface area (Å²) in [5.41, 5.74) is 1.41. The Kier molecular flexibility index (Phi) is 3.44. The van der Waals surface area contributed by atoms with Crippen LogP contribution < -0.4 is 10.6 Å². The van der Waals surface area contributed by atoms with Crippen molar-refractivity contribution in [1.82, 2.24) is 10.6 Å². The van der Waals surface area contributed by atoms with E-state index in [1.165, 1.54) is 30.8 Å². The van der Waals surface area contributed by atoms with Crippen LogP contribution in [0, 0.1) is 0 Å². The van der Waals surface area contributed by atoms with Crippen LogP contribution in [0.25, 0.3) is 0 Å². The Balaban J connectivity index is 1.75. The molecule has 0 saturated carbocycles. The molecule has 0 aromatic carbocycles. The number of hydrogen-bond acceptors (Lipinski definition) is 3. The summed E-state index contributed by atoms with van der Waals surface area (Å²) >= 11 is 0. The Morgan fingerprint density at radius 3 is 2.79 bits per heavy atom. The molecule has 0 fully saturated rings. The van der Waals surface area contributed by atoms with E-state index in [9.17, 15) is 0 Å². The van der Waals surface area contributed by atoms with Crippen molar-refractivity contribution in [2.24, 2.45) is 4.99 Å². The Morgan fingerprint density at radius 2 is 2.07 bits per heavy atom. The minimum Gasteiger partial charge on any atom is -0.389 e. The van der Waals surface area contributed by atoms with Gasteiger partial charge in [-0.2, -0.15) is 0 Å². The third-order valence-electron chi connectivity index (χ3n) is 2.72. The molecule has 2 N–H and O–H groups in total. The lowest BCUT2D eigenvalue weighted by Gasteiger charge is -2.18. The molecular formula is C11H19N3. The first-order valence-corrected chi connectivity index (χ1v) is 5.65. The van der Waals surface area contributed by atoms with Crippen LogP contribution >= 0.6 is 0 Å². The molecule has 2 heterocycles. The standard InChI is InChI=1S/C11H19N3/c1-2-7-12-10(4-1)5-6-11-13-8-3-9-14-11/h4,12H,1-3,5-9H2,(H,13,14). The Morgan fingerprint density at radius 1 is 1.14 bits per heavy atom. The Hall–Kier alpha value is -0.990. The van der Waals surface area contributed by atoms with Crippen molar-refractivity contribution in [2.75, 3.05) is 19.6 Å². The monoisotopic (exact) mass is 193 g/mol. The summed E-state index contributed by atoms with van der Waals surface area (Å²) in [6.07, 6.45) is 8.22. The highest BCUT2D eigenvalue weighted by Crippen LogP contribution is 2.09. The van der Waals surface area contributed by atoms with Gasteiger partial charge in [0.15, 0.2) is 0 Å². The molecule has 3 heteroatoms. The fourth-order valence-electron chi connectivity index (χ4n) is 1.89. The Labute approximate surface area is 85.7 Å². The molecule has 78 valence electrons. The van der Waals surface area contributed by atoms with Gasteiger partial charge in [-0.15, -0.1) is 0 Å². The van der Waals surface area contributed by atoms with Gasteiger partial charge in [0.1, 0.15) is 0 Å². The lowest BCUT2D eigenvalue weighted by atomic mass is 10.1. The summed E-state index contributed by atoms with van der Waals surface area (Å²) in [6.45, 7) is 3.26. The van der Waals surface area contributed by atoms with Crippen molar-refractivity contribution in [1.29, 1.82) is 0 Å². The summed E-state index contributed by atoms with van der Waals surface area (Å²) in [7, 11) is 0. The van der Waals surface area contributed by atoms with Gasteiger partial charge >= 0.3 is 0 Å². The maximum atomic E-state index is 4.46. The average Bonchev–Trinajstić information content (AvgIpc) is 2.29. The largest absolute Gasteiger partial charge is 0.389 e. The number of nitrogens with zero attached hydrogens (tertiary/aromatic N) is 1. The van der Waals surface area contributed by atoms with E-state index < -0.39 is 0 Å². The number of amidine groups is 1. The molecule has 0 atom stereocenters.